The first-order valence-electron chi connectivity index (χ1n) is 9.31. The summed E-state index contributed by atoms with van der Waals surface area (Å²) < 4.78 is 41.2. The van der Waals surface area contributed by atoms with E-state index in [9.17, 15) is 27.6 Å². The third-order valence-corrected chi connectivity index (χ3v) is 5.99. The van der Waals surface area contributed by atoms with Gasteiger partial charge in [0.1, 0.15) is 0 Å². The van der Waals surface area contributed by atoms with Crippen LogP contribution in [0.15, 0.2) is 69.6 Å². The van der Waals surface area contributed by atoms with E-state index in [-0.39, 0.29) is 28.0 Å². The summed E-state index contributed by atoms with van der Waals surface area (Å²) in [6.07, 6.45) is -4.61. The van der Waals surface area contributed by atoms with Crippen LogP contribution in [-0.4, -0.2) is 14.9 Å². The first-order valence-corrected chi connectivity index (χ1v) is 10.6. The molecule has 5 nitrogen and oxygen atoms in total. The third kappa shape index (κ3) is 4.26. The average Bonchev–Trinajstić information content (AvgIpc) is 3.26. The zero-order valence-corrected chi connectivity index (χ0v) is 17.8. The Morgan fingerprint density at radius 3 is 2.47 bits per heavy atom. The zero-order chi connectivity index (χ0) is 23.0. The molecule has 0 N–H and O–H groups in total. The van der Waals surface area contributed by atoms with Crippen molar-refractivity contribution in [2.75, 3.05) is 0 Å². The van der Waals surface area contributed by atoms with Crippen LogP contribution in [0.5, 0.6) is 0 Å². The quantitative estimate of drug-likeness (QED) is 0.386. The summed E-state index contributed by atoms with van der Waals surface area (Å²) in [6.45, 7) is -0.548. The van der Waals surface area contributed by atoms with Gasteiger partial charge in [0.25, 0.3) is 5.56 Å². The molecule has 0 spiro atoms. The average molecular weight is 479 g/mol. The SMILES string of the molecule is O=C(Cn1c(=O)n(Cc2cccs2)c(=O)c2ccc(Cl)cc21)c1cccc(C(F)(F)F)c1. The molecule has 0 aliphatic heterocycles. The largest absolute Gasteiger partial charge is 0.416 e. The maximum Gasteiger partial charge on any atom is 0.416 e. The van der Waals surface area contributed by atoms with Gasteiger partial charge in [-0.15, -0.1) is 11.3 Å². The first-order chi connectivity index (χ1) is 15.1. The predicted molar refractivity (Wildman–Crippen MR) is 117 cm³/mol. The van der Waals surface area contributed by atoms with Crippen LogP contribution in [0.3, 0.4) is 0 Å². The number of rotatable bonds is 5. The highest BCUT2D eigenvalue weighted by Crippen LogP contribution is 2.29. The minimum Gasteiger partial charge on any atom is -0.292 e. The van der Waals surface area contributed by atoms with E-state index in [0.29, 0.717) is 0 Å². The second-order valence-corrected chi connectivity index (χ2v) is 8.47. The van der Waals surface area contributed by atoms with Crippen molar-refractivity contribution < 1.29 is 18.0 Å². The Balaban J connectivity index is 1.84. The summed E-state index contributed by atoms with van der Waals surface area (Å²) in [4.78, 5) is 39.7. The van der Waals surface area contributed by atoms with Crippen LogP contribution in [-0.2, 0) is 19.3 Å². The molecule has 0 bridgehead atoms. The summed E-state index contributed by atoms with van der Waals surface area (Å²) >= 11 is 7.40. The molecule has 0 saturated carbocycles. The van der Waals surface area contributed by atoms with Gasteiger partial charge in [-0.25, -0.2) is 4.79 Å². The van der Waals surface area contributed by atoms with Crippen LogP contribution in [0.4, 0.5) is 13.2 Å². The van der Waals surface area contributed by atoms with E-state index in [0.717, 1.165) is 32.2 Å². The normalized spacial score (nSPS) is 11.8. The van der Waals surface area contributed by atoms with Crippen molar-refractivity contribution in [1.82, 2.24) is 9.13 Å². The Labute approximate surface area is 187 Å². The number of halogens is 4. The highest BCUT2D eigenvalue weighted by molar-refractivity contribution is 7.09. The molecule has 0 aliphatic rings. The molecule has 4 aromatic rings. The van der Waals surface area contributed by atoms with E-state index >= 15 is 0 Å². The number of hydrogen-bond acceptors (Lipinski definition) is 4. The van der Waals surface area contributed by atoms with E-state index in [1.807, 2.05) is 0 Å². The summed E-state index contributed by atoms with van der Waals surface area (Å²) in [5, 5.41) is 2.21. The van der Waals surface area contributed by atoms with Crippen molar-refractivity contribution in [2.24, 2.45) is 0 Å². The standard InChI is InChI=1S/C22H14ClF3N2O3S/c23-15-6-7-17-18(10-15)27(21(31)28(20(17)30)11-16-5-2-8-32-16)12-19(29)13-3-1-4-14(9-13)22(24,25)26/h1-10H,11-12H2. The van der Waals surface area contributed by atoms with Crippen molar-refractivity contribution >= 4 is 39.6 Å². The predicted octanol–water partition coefficient (Wildman–Crippen LogP) is 4.83. The van der Waals surface area contributed by atoms with Gasteiger partial charge in [-0.2, -0.15) is 13.2 Å². The van der Waals surface area contributed by atoms with Crippen LogP contribution < -0.4 is 11.2 Å². The smallest absolute Gasteiger partial charge is 0.292 e. The molecule has 2 aromatic heterocycles. The molecule has 0 fully saturated rings. The maximum absolute atomic E-state index is 13.2. The van der Waals surface area contributed by atoms with Crippen molar-refractivity contribution in [2.45, 2.75) is 19.3 Å². The first kappa shape index (κ1) is 22.0. The van der Waals surface area contributed by atoms with Crippen molar-refractivity contribution in [3.05, 3.63) is 102 Å². The summed E-state index contributed by atoms with van der Waals surface area (Å²) in [5.74, 6) is -0.708. The van der Waals surface area contributed by atoms with E-state index < -0.39 is 35.3 Å². The van der Waals surface area contributed by atoms with E-state index in [1.54, 1.807) is 17.5 Å². The fourth-order valence-corrected chi connectivity index (χ4v) is 4.20. The molecule has 0 saturated heterocycles. The van der Waals surface area contributed by atoms with Crippen molar-refractivity contribution in [3.8, 4) is 0 Å². The number of ketones is 1. The maximum atomic E-state index is 13.2. The van der Waals surface area contributed by atoms with Gasteiger partial charge in [0.2, 0.25) is 0 Å². The van der Waals surface area contributed by atoms with Crippen molar-refractivity contribution in [1.29, 1.82) is 0 Å². The number of nitrogens with zero attached hydrogens (tertiary/aromatic N) is 2. The van der Waals surface area contributed by atoms with E-state index in [4.69, 9.17) is 11.6 Å². The lowest BCUT2D eigenvalue weighted by Gasteiger charge is -2.14. The van der Waals surface area contributed by atoms with Gasteiger partial charge in [0.05, 0.1) is 29.6 Å². The van der Waals surface area contributed by atoms with Gasteiger partial charge in [-0.3, -0.25) is 18.7 Å². The van der Waals surface area contributed by atoms with Crippen molar-refractivity contribution in [3.63, 3.8) is 0 Å². The Hall–Kier alpha value is -3.17. The monoisotopic (exact) mass is 478 g/mol. The van der Waals surface area contributed by atoms with Crippen LogP contribution >= 0.6 is 22.9 Å². The number of carbonyl (C=O) groups is 1. The lowest BCUT2D eigenvalue weighted by Crippen LogP contribution is -2.41. The zero-order valence-electron chi connectivity index (χ0n) is 16.2. The minimum absolute atomic E-state index is 0.00560. The van der Waals surface area contributed by atoms with Crippen LogP contribution in [0.1, 0.15) is 20.8 Å². The van der Waals surface area contributed by atoms with E-state index in [1.165, 1.54) is 35.6 Å². The molecule has 164 valence electrons. The highest BCUT2D eigenvalue weighted by atomic mass is 35.5. The number of fused-ring (bicyclic) bond motifs is 1. The number of thiophene rings is 1. The Bertz CT molecular complexity index is 1440. The number of Topliss-reactive ketones (excluding diaryl/α,β-unsaturated/α-hetero) is 1. The second kappa shape index (κ2) is 8.40. The fraction of sp³-hybridized carbons (Fsp3) is 0.136. The van der Waals surface area contributed by atoms with Gasteiger partial charge >= 0.3 is 11.9 Å². The second-order valence-electron chi connectivity index (χ2n) is 7.00. The molecule has 0 radical (unpaired) electrons. The van der Waals surface area contributed by atoms with Crippen LogP contribution in [0.25, 0.3) is 10.9 Å². The molecule has 10 heteroatoms. The number of aromatic nitrogens is 2. The van der Waals surface area contributed by atoms with Gasteiger partial charge < -0.3 is 0 Å². The Kier molecular flexibility index (Phi) is 5.79. The molecule has 4 rings (SSSR count). The number of alkyl halides is 3. The number of benzene rings is 2. The topological polar surface area (TPSA) is 61.1 Å². The summed E-state index contributed by atoms with van der Waals surface area (Å²) in [5.41, 5.74) is -2.32. The molecule has 0 amide bonds. The number of hydrogen-bond donors (Lipinski definition) is 0. The molecule has 2 heterocycles. The lowest BCUT2D eigenvalue weighted by molar-refractivity contribution is -0.137. The Morgan fingerprint density at radius 1 is 1.00 bits per heavy atom. The molecule has 0 atom stereocenters. The van der Waals surface area contributed by atoms with Gasteiger partial charge in [0.15, 0.2) is 5.78 Å². The minimum atomic E-state index is -4.61. The molecule has 0 aliphatic carbocycles. The molecular weight excluding hydrogens is 465 g/mol. The molecule has 32 heavy (non-hydrogen) atoms. The van der Waals surface area contributed by atoms with Crippen LogP contribution in [0.2, 0.25) is 5.02 Å². The lowest BCUT2D eigenvalue weighted by atomic mass is 10.1. The summed E-state index contributed by atoms with van der Waals surface area (Å²) in [6, 6.07) is 11.9. The number of carbonyl (C=O) groups excluding carboxylic acids is 1. The van der Waals surface area contributed by atoms with Crippen LogP contribution in [0, 0.1) is 0 Å². The Morgan fingerprint density at radius 2 is 1.78 bits per heavy atom. The third-order valence-electron chi connectivity index (χ3n) is 4.90. The highest BCUT2D eigenvalue weighted by Gasteiger charge is 2.31. The molecule has 0 unspecified atom stereocenters. The van der Waals surface area contributed by atoms with Gasteiger partial charge in [0, 0.05) is 15.5 Å². The van der Waals surface area contributed by atoms with E-state index in [2.05, 4.69) is 0 Å². The summed E-state index contributed by atoms with van der Waals surface area (Å²) in [7, 11) is 0. The van der Waals surface area contributed by atoms with Gasteiger partial charge in [-0.1, -0.05) is 29.8 Å². The van der Waals surface area contributed by atoms with Gasteiger partial charge in [-0.05, 0) is 41.8 Å². The molecular formula is C22H14ClF3N2O3S. The molecule has 2 aromatic carbocycles. The fourth-order valence-electron chi connectivity index (χ4n) is 3.34.